The van der Waals surface area contributed by atoms with Gasteiger partial charge in [-0.15, -0.1) is 0 Å². The molecule has 70 valence electrons. The molecule has 11 heavy (non-hydrogen) atoms. The topological polar surface area (TPSA) is 93.0 Å². The predicted octanol–water partition coefficient (Wildman–Crippen LogP) is -2.47. The molecule has 5 N–H and O–H groups in total. The molecule has 0 spiro atoms. The Morgan fingerprint density at radius 3 is 1.18 bits per heavy atom. The molecule has 0 aliphatic carbocycles. The maximum absolute atomic E-state index is 8.15. The van der Waals surface area contributed by atoms with Crippen LogP contribution in [0.4, 0.5) is 0 Å². The Balaban J connectivity index is 0. The second kappa shape index (κ2) is 16.4. The van der Waals surface area contributed by atoms with Crippen LogP contribution in [-0.4, -0.2) is 59.9 Å². The molecule has 0 aromatic carbocycles. The molecule has 0 radical (unpaired) electrons. The van der Waals surface area contributed by atoms with Crippen LogP contribution in [0.5, 0.6) is 0 Å². The lowest BCUT2D eigenvalue weighted by molar-refractivity contribution is 0.186. The molecule has 0 aliphatic heterocycles. The van der Waals surface area contributed by atoms with E-state index in [9.17, 15) is 0 Å². The highest BCUT2D eigenvalue weighted by Crippen LogP contribution is 1.54. The summed E-state index contributed by atoms with van der Waals surface area (Å²) in [5.74, 6) is 0. The molecule has 0 unspecified atom stereocenters. The van der Waals surface area contributed by atoms with Gasteiger partial charge in [-0.3, -0.25) is 0 Å². The minimum Gasteiger partial charge on any atom is -0.395 e. The molecule has 0 aromatic rings. The second-order valence-corrected chi connectivity index (χ2v) is 1.64. The summed E-state index contributed by atoms with van der Waals surface area (Å²) in [5, 5.41) is 34.3. The third-order valence-corrected chi connectivity index (χ3v) is 0.677. The number of rotatable bonds is 5. The van der Waals surface area contributed by atoms with E-state index in [1.165, 1.54) is 0 Å². The molecule has 5 heteroatoms. The zero-order chi connectivity index (χ0) is 8.95. The Hall–Kier alpha value is -0.200. The zero-order valence-electron chi connectivity index (χ0n) is 6.53. The van der Waals surface area contributed by atoms with E-state index >= 15 is 0 Å². The van der Waals surface area contributed by atoms with Crippen molar-refractivity contribution < 1.29 is 20.4 Å². The Morgan fingerprint density at radius 2 is 1.00 bits per heavy atom. The van der Waals surface area contributed by atoms with Crippen molar-refractivity contribution in [2.75, 3.05) is 39.5 Å². The van der Waals surface area contributed by atoms with E-state index in [-0.39, 0.29) is 26.4 Å². The van der Waals surface area contributed by atoms with Gasteiger partial charge in [0, 0.05) is 13.1 Å². The average molecular weight is 167 g/mol. The molecule has 0 bridgehead atoms. The fourth-order valence-electron chi connectivity index (χ4n) is 0.283. The fourth-order valence-corrected chi connectivity index (χ4v) is 0.283. The first-order chi connectivity index (χ1) is 5.33. The van der Waals surface area contributed by atoms with E-state index in [0.717, 1.165) is 0 Å². The minimum absolute atomic E-state index is 0.125. The summed E-state index contributed by atoms with van der Waals surface area (Å²) in [7, 11) is 0. The molecule has 0 aromatic heterocycles. The van der Waals surface area contributed by atoms with Crippen LogP contribution in [0.25, 0.3) is 0 Å². The molecule has 0 saturated carbocycles. The standard InChI is InChI=1S/C4H11NO2.C2H6O2/c6-3-1-5-2-4-7;3-1-2-4/h5-7H,1-4H2;3-4H,1-2H2. The molecular weight excluding hydrogens is 150 g/mol. The lowest BCUT2D eigenvalue weighted by Gasteiger charge is -1.94. The number of nitrogens with one attached hydrogen (secondary N) is 1. The highest BCUT2D eigenvalue weighted by Gasteiger charge is 1.78. The third-order valence-electron chi connectivity index (χ3n) is 0.677. The molecule has 0 atom stereocenters. The van der Waals surface area contributed by atoms with Crippen molar-refractivity contribution in [2.45, 2.75) is 0 Å². The lowest BCUT2D eigenvalue weighted by atomic mass is 10.6. The Kier molecular flexibility index (Phi) is 20.0. The quantitative estimate of drug-likeness (QED) is 0.293. The molecule has 0 aliphatic rings. The molecule has 5 nitrogen and oxygen atoms in total. The Bertz CT molecular complexity index is 47.8. The number of aliphatic hydroxyl groups excluding tert-OH is 4. The summed E-state index contributed by atoms with van der Waals surface area (Å²) in [6.45, 7) is 1.17. The zero-order valence-corrected chi connectivity index (χ0v) is 6.53. The van der Waals surface area contributed by atoms with E-state index in [1.807, 2.05) is 0 Å². The van der Waals surface area contributed by atoms with Gasteiger partial charge in [0.15, 0.2) is 0 Å². The molecule has 0 heterocycles. The van der Waals surface area contributed by atoms with Crippen LogP contribution >= 0.6 is 0 Å². The monoisotopic (exact) mass is 167 g/mol. The molecule has 0 fully saturated rings. The van der Waals surface area contributed by atoms with Crippen LogP contribution in [0.1, 0.15) is 0 Å². The van der Waals surface area contributed by atoms with Gasteiger partial charge in [0.25, 0.3) is 0 Å². The van der Waals surface area contributed by atoms with Crippen molar-refractivity contribution in [3.05, 3.63) is 0 Å². The van der Waals surface area contributed by atoms with Gasteiger partial charge in [-0.1, -0.05) is 0 Å². The van der Waals surface area contributed by atoms with Crippen LogP contribution in [0.3, 0.4) is 0 Å². The molecule has 0 rings (SSSR count). The fraction of sp³-hybridized carbons (Fsp3) is 1.00. The summed E-state index contributed by atoms with van der Waals surface area (Å²) >= 11 is 0. The van der Waals surface area contributed by atoms with Crippen molar-refractivity contribution in [3.63, 3.8) is 0 Å². The van der Waals surface area contributed by atoms with Crippen molar-refractivity contribution in [1.29, 1.82) is 0 Å². The summed E-state index contributed by atoms with van der Waals surface area (Å²) in [4.78, 5) is 0. The van der Waals surface area contributed by atoms with E-state index in [2.05, 4.69) is 5.32 Å². The predicted molar refractivity (Wildman–Crippen MR) is 41.2 cm³/mol. The van der Waals surface area contributed by atoms with Crippen molar-refractivity contribution in [1.82, 2.24) is 5.32 Å². The van der Waals surface area contributed by atoms with Gasteiger partial charge in [-0.2, -0.15) is 0 Å². The van der Waals surface area contributed by atoms with Crippen LogP contribution < -0.4 is 5.32 Å². The third kappa shape index (κ3) is 25.9. The average Bonchev–Trinajstić information content (AvgIpc) is 2.06. The van der Waals surface area contributed by atoms with Crippen LogP contribution in [-0.2, 0) is 0 Å². The van der Waals surface area contributed by atoms with Crippen LogP contribution in [0.15, 0.2) is 0 Å². The lowest BCUT2D eigenvalue weighted by Crippen LogP contribution is -2.21. The highest BCUT2D eigenvalue weighted by atomic mass is 16.3. The SMILES string of the molecule is OCCNCCO.OCCO. The normalized spacial score (nSPS) is 8.73. The first-order valence-electron chi connectivity index (χ1n) is 3.47. The van der Waals surface area contributed by atoms with Gasteiger partial charge in [0.1, 0.15) is 0 Å². The molecular formula is C6H17NO4. The van der Waals surface area contributed by atoms with Gasteiger partial charge < -0.3 is 25.7 Å². The Morgan fingerprint density at radius 1 is 0.636 bits per heavy atom. The molecule has 0 saturated heterocycles. The van der Waals surface area contributed by atoms with Gasteiger partial charge in [-0.25, -0.2) is 0 Å². The van der Waals surface area contributed by atoms with Gasteiger partial charge >= 0.3 is 0 Å². The highest BCUT2D eigenvalue weighted by molar-refractivity contribution is 4.39. The van der Waals surface area contributed by atoms with Gasteiger partial charge in [-0.05, 0) is 0 Å². The van der Waals surface area contributed by atoms with Gasteiger partial charge in [0.2, 0.25) is 0 Å². The largest absolute Gasteiger partial charge is 0.395 e. The maximum atomic E-state index is 8.15. The first-order valence-corrected chi connectivity index (χ1v) is 3.47. The summed E-state index contributed by atoms with van der Waals surface area (Å²) < 4.78 is 0. The van der Waals surface area contributed by atoms with Crippen molar-refractivity contribution in [3.8, 4) is 0 Å². The number of aliphatic hydroxyl groups is 4. The van der Waals surface area contributed by atoms with Crippen molar-refractivity contribution in [2.24, 2.45) is 0 Å². The van der Waals surface area contributed by atoms with E-state index in [1.54, 1.807) is 0 Å². The minimum atomic E-state index is -0.125. The second-order valence-electron chi connectivity index (χ2n) is 1.64. The Labute approximate surface area is 66.3 Å². The smallest absolute Gasteiger partial charge is 0.0662 e. The van der Waals surface area contributed by atoms with Crippen LogP contribution in [0, 0.1) is 0 Å². The summed E-state index contributed by atoms with van der Waals surface area (Å²) in [6, 6.07) is 0. The number of hydrogen-bond donors (Lipinski definition) is 5. The summed E-state index contributed by atoms with van der Waals surface area (Å²) in [6.07, 6.45) is 0. The van der Waals surface area contributed by atoms with Crippen molar-refractivity contribution >= 4 is 0 Å². The first kappa shape index (κ1) is 13.4. The summed E-state index contributed by atoms with van der Waals surface area (Å²) in [5.41, 5.74) is 0. The maximum Gasteiger partial charge on any atom is 0.0662 e. The van der Waals surface area contributed by atoms with E-state index in [0.29, 0.717) is 13.1 Å². The van der Waals surface area contributed by atoms with E-state index in [4.69, 9.17) is 20.4 Å². The van der Waals surface area contributed by atoms with Crippen LogP contribution in [0.2, 0.25) is 0 Å². The molecule has 0 amide bonds. The number of hydrogen-bond acceptors (Lipinski definition) is 5. The van der Waals surface area contributed by atoms with Gasteiger partial charge in [0.05, 0.1) is 26.4 Å². The van der Waals surface area contributed by atoms with E-state index < -0.39 is 0 Å².